The number of hydrogen-bond acceptors (Lipinski definition) is 7. The van der Waals surface area contributed by atoms with Crippen LogP contribution in [0.15, 0.2) is 4.99 Å². The zero-order valence-electron chi connectivity index (χ0n) is 16.2. The van der Waals surface area contributed by atoms with Gasteiger partial charge in [0.05, 0.1) is 0 Å². The van der Waals surface area contributed by atoms with Crippen LogP contribution in [0.3, 0.4) is 0 Å². The van der Waals surface area contributed by atoms with Gasteiger partial charge in [-0.2, -0.15) is 0 Å². The summed E-state index contributed by atoms with van der Waals surface area (Å²) in [5.41, 5.74) is 0.249. The third-order valence-corrected chi connectivity index (χ3v) is 6.86. The first-order valence-electron chi connectivity index (χ1n) is 8.82. The summed E-state index contributed by atoms with van der Waals surface area (Å²) in [4.78, 5) is 14.5. The van der Waals surface area contributed by atoms with Crippen molar-refractivity contribution in [2.75, 3.05) is 66.5 Å². The van der Waals surface area contributed by atoms with Crippen LogP contribution in [0, 0.1) is 0 Å². The van der Waals surface area contributed by atoms with Crippen molar-refractivity contribution < 1.29 is 0 Å². The molecule has 0 aromatic rings. The van der Waals surface area contributed by atoms with E-state index >= 15 is 0 Å². The lowest BCUT2D eigenvalue weighted by Gasteiger charge is -2.29. The molecular formula is C16H36ClN5S2. The van der Waals surface area contributed by atoms with E-state index in [0.717, 1.165) is 52.4 Å². The van der Waals surface area contributed by atoms with Crippen LogP contribution in [0.5, 0.6) is 0 Å². The molecule has 0 saturated heterocycles. The molecule has 0 saturated carbocycles. The molecule has 0 amide bonds. The number of hydrogen-bond donors (Lipinski definition) is 0. The smallest absolute Gasteiger partial charge is 0.172 e. The van der Waals surface area contributed by atoms with Crippen LogP contribution in [0.25, 0.3) is 0 Å². The number of nitrogens with zero attached hydrogens (tertiary/aromatic N) is 5. The molecule has 24 heavy (non-hydrogen) atoms. The summed E-state index contributed by atoms with van der Waals surface area (Å²) in [6.45, 7) is 17.8. The number of aliphatic imine (C=N–C) groups is 1. The molecule has 0 bridgehead atoms. The van der Waals surface area contributed by atoms with Crippen LogP contribution >= 0.6 is 34.0 Å². The van der Waals surface area contributed by atoms with Gasteiger partial charge in [-0.3, -0.25) is 4.90 Å². The Balaban J connectivity index is 0.00000529. The van der Waals surface area contributed by atoms with E-state index in [1.54, 1.807) is 0 Å². The molecule has 0 radical (unpaired) electrons. The second-order valence-electron chi connectivity index (χ2n) is 5.92. The van der Waals surface area contributed by atoms with Crippen LogP contribution in [0.1, 0.15) is 27.7 Å². The Morgan fingerprint density at radius 1 is 0.833 bits per heavy atom. The first-order valence-corrected chi connectivity index (χ1v) is 11.0. The number of likely N-dealkylation sites (N-methyl/N-ethyl adjacent to an activating group) is 2. The largest absolute Gasteiger partial charge is 0.348 e. The lowest BCUT2D eigenvalue weighted by Crippen LogP contribution is -2.41. The summed E-state index contributed by atoms with van der Waals surface area (Å²) in [5, 5.41) is 1.20. The minimum Gasteiger partial charge on any atom is -0.348 e. The Bertz CT molecular complexity index is 333. The summed E-state index contributed by atoms with van der Waals surface area (Å²) in [5.74, 6) is 0. The molecule has 0 spiro atoms. The fraction of sp³-hybridized carbons (Fsp3) is 0.938. The predicted molar refractivity (Wildman–Crippen MR) is 114 cm³/mol. The SMILES string of the molecule is CCN(CC)CCN(CCN(CC)CC)C1=NC(N(C)C)SS1.Cl. The van der Waals surface area contributed by atoms with Gasteiger partial charge in [0.1, 0.15) is 0 Å². The van der Waals surface area contributed by atoms with Gasteiger partial charge >= 0.3 is 0 Å². The second kappa shape index (κ2) is 13.5. The number of amidine groups is 1. The maximum Gasteiger partial charge on any atom is 0.172 e. The fourth-order valence-electron chi connectivity index (χ4n) is 2.47. The van der Waals surface area contributed by atoms with Crippen molar-refractivity contribution in [1.82, 2.24) is 19.6 Å². The molecule has 1 aliphatic heterocycles. The van der Waals surface area contributed by atoms with E-state index in [1.807, 2.05) is 21.6 Å². The average molecular weight is 398 g/mol. The Labute approximate surface area is 163 Å². The normalized spacial score (nSPS) is 17.5. The molecule has 0 aromatic carbocycles. The molecule has 5 nitrogen and oxygen atoms in total. The van der Waals surface area contributed by atoms with E-state index in [9.17, 15) is 0 Å². The number of rotatable bonds is 11. The van der Waals surface area contributed by atoms with Crippen molar-refractivity contribution in [1.29, 1.82) is 0 Å². The van der Waals surface area contributed by atoms with Crippen molar-refractivity contribution in [3.63, 3.8) is 0 Å². The van der Waals surface area contributed by atoms with Gasteiger partial charge in [0.2, 0.25) is 0 Å². The van der Waals surface area contributed by atoms with Crippen LogP contribution in [0.4, 0.5) is 0 Å². The molecule has 0 aliphatic carbocycles. The molecule has 1 heterocycles. The van der Waals surface area contributed by atoms with Crippen molar-refractivity contribution in [3.8, 4) is 0 Å². The van der Waals surface area contributed by atoms with Crippen molar-refractivity contribution in [2.24, 2.45) is 4.99 Å². The van der Waals surface area contributed by atoms with Gasteiger partial charge in [0, 0.05) is 26.2 Å². The molecule has 0 N–H and O–H groups in total. The summed E-state index contributed by atoms with van der Waals surface area (Å²) < 4.78 is 0. The molecule has 1 unspecified atom stereocenters. The Kier molecular flexibility index (Phi) is 13.7. The van der Waals surface area contributed by atoms with Crippen LogP contribution in [-0.2, 0) is 0 Å². The van der Waals surface area contributed by atoms with E-state index in [4.69, 9.17) is 4.99 Å². The third-order valence-electron chi connectivity index (χ3n) is 4.30. The first kappa shape index (κ1) is 24.3. The lowest BCUT2D eigenvalue weighted by molar-refractivity contribution is 0.238. The zero-order chi connectivity index (χ0) is 17.2. The molecule has 1 atom stereocenters. The van der Waals surface area contributed by atoms with Crippen LogP contribution in [-0.4, -0.2) is 96.7 Å². The van der Waals surface area contributed by atoms with E-state index in [0.29, 0.717) is 0 Å². The standard InChI is InChI=1S/C16H35N5S2.ClH/c1-7-19(8-2)11-13-21(14-12-20(9-3)10-4)16-17-15(18(5)6)22-23-16;/h15H,7-14H2,1-6H3;1H. The van der Waals surface area contributed by atoms with Gasteiger partial charge in [-0.15, -0.1) is 12.4 Å². The first-order chi connectivity index (χ1) is 11.0. The third kappa shape index (κ3) is 8.15. The van der Waals surface area contributed by atoms with E-state index in [1.165, 1.54) is 5.17 Å². The van der Waals surface area contributed by atoms with Gasteiger partial charge in [0.15, 0.2) is 10.7 Å². The van der Waals surface area contributed by atoms with E-state index in [2.05, 4.69) is 61.4 Å². The predicted octanol–water partition coefficient (Wildman–Crippen LogP) is 2.99. The molecule has 0 fully saturated rings. The summed E-state index contributed by atoms with van der Waals surface area (Å²) in [6.07, 6.45) is 0. The highest BCUT2D eigenvalue weighted by Crippen LogP contribution is 2.38. The molecule has 1 rings (SSSR count). The molecule has 0 aromatic heterocycles. The number of halogens is 1. The Morgan fingerprint density at radius 2 is 1.29 bits per heavy atom. The quantitative estimate of drug-likeness (QED) is 0.497. The highest BCUT2D eigenvalue weighted by Gasteiger charge is 2.25. The maximum absolute atomic E-state index is 4.90. The second-order valence-corrected chi connectivity index (χ2v) is 8.15. The van der Waals surface area contributed by atoms with Gasteiger partial charge in [0.25, 0.3) is 0 Å². The van der Waals surface area contributed by atoms with E-state index in [-0.39, 0.29) is 17.9 Å². The summed E-state index contributed by atoms with van der Waals surface area (Å²) >= 11 is 0. The van der Waals surface area contributed by atoms with Crippen molar-refractivity contribution >= 4 is 39.2 Å². The van der Waals surface area contributed by atoms with Crippen LogP contribution in [0.2, 0.25) is 0 Å². The van der Waals surface area contributed by atoms with Crippen LogP contribution < -0.4 is 0 Å². The highest BCUT2D eigenvalue weighted by atomic mass is 35.5. The Hall–Kier alpha value is 0.340. The molecular weight excluding hydrogens is 362 g/mol. The van der Waals surface area contributed by atoms with Gasteiger partial charge in [-0.1, -0.05) is 27.7 Å². The fourth-order valence-corrected chi connectivity index (χ4v) is 5.06. The van der Waals surface area contributed by atoms with Gasteiger partial charge < -0.3 is 14.7 Å². The average Bonchev–Trinajstić information content (AvgIpc) is 3.04. The van der Waals surface area contributed by atoms with Crippen molar-refractivity contribution in [3.05, 3.63) is 0 Å². The van der Waals surface area contributed by atoms with E-state index < -0.39 is 0 Å². The monoisotopic (exact) mass is 397 g/mol. The minimum absolute atomic E-state index is 0. The highest BCUT2D eigenvalue weighted by molar-refractivity contribution is 8.82. The zero-order valence-corrected chi connectivity index (χ0v) is 18.6. The summed E-state index contributed by atoms with van der Waals surface area (Å²) in [7, 11) is 7.88. The molecule has 144 valence electrons. The Morgan fingerprint density at radius 3 is 1.62 bits per heavy atom. The lowest BCUT2D eigenvalue weighted by atomic mass is 10.4. The van der Waals surface area contributed by atoms with Gasteiger partial charge in [-0.05, 0) is 61.9 Å². The van der Waals surface area contributed by atoms with Gasteiger partial charge in [-0.25, -0.2) is 4.99 Å². The topological polar surface area (TPSA) is 25.3 Å². The summed E-state index contributed by atoms with van der Waals surface area (Å²) in [6, 6.07) is 0. The molecule has 1 aliphatic rings. The van der Waals surface area contributed by atoms with Crippen molar-refractivity contribution in [2.45, 2.75) is 33.2 Å². The molecule has 8 heteroatoms. The maximum atomic E-state index is 4.90. The minimum atomic E-state index is 0.